The van der Waals surface area contributed by atoms with Crippen molar-refractivity contribution in [3.63, 3.8) is 0 Å². The first-order chi connectivity index (χ1) is 8.90. The summed E-state index contributed by atoms with van der Waals surface area (Å²) in [5, 5.41) is 10.9. The molecule has 19 heavy (non-hydrogen) atoms. The van der Waals surface area contributed by atoms with Gasteiger partial charge in [-0.05, 0) is 12.1 Å². The second kappa shape index (κ2) is 7.25. The van der Waals surface area contributed by atoms with Crippen LogP contribution in [0.4, 0.5) is 5.69 Å². The highest BCUT2D eigenvalue weighted by Crippen LogP contribution is 2.20. The van der Waals surface area contributed by atoms with E-state index in [4.69, 9.17) is 16.7 Å². The average Bonchev–Trinajstić information content (AvgIpc) is 2.31. The van der Waals surface area contributed by atoms with Crippen molar-refractivity contribution in [2.75, 3.05) is 11.1 Å². The maximum atomic E-state index is 11.7. The molecule has 7 heteroatoms. The van der Waals surface area contributed by atoms with E-state index in [2.05, 4.69) is 5.32 Å². The molecule has 1 aromatic carbocycles. The van der Waals surface area contributed by atoms with Crippen molar-refractivity contribution in [1.29, 1.82) is 0 Å². The fourth-order valence-electron chi connectivity index (χ4n) is 1.36. The summed E-state index contributed by atoms with van der Waals surface area (Å²) in [7, 11) is -1.53. The fraction of sp³-hybridized carbons (Fsp3) is 0.333. The Morgan fingerprint density at radius 2 is 2.05 bits per heavy atom. The van der Waals surface area contributed by atoms with Crippen LogP contribution in [-0.2, 0) is 20.4 Å². The number of nitrogens with one attached hydrogen (secondary N) is 1. The van der Waals surface area contributed by atoms with Crippen molar-refractivity contribution in [3.8, 4) is 0 Å². The van der Waals surface area contributed by atoms with E-state index in [0.29, 0.717) is 10.7 Å². The minimum atomic E-state index is -1.53. The monoisotopic (exact) mass is 303 g/mol. The molecule has 0 aliphatic heterocycles. The Kier molecular flexibility index (Phi) is 5.98. The number of benzene rings is 1. The Labute approximate surface area is 118 Å². The molecule has 5 nitrogen and oxygen atoms in total. The second-order valence-corrected chi connectivity index (χ2v) is 6.22. The van der Waals surface area contributed by atoms with Crippen LogP contribution in [0.1, 0.15) is 13.3 Å². The molecular formula is C12H14ClNO4S. The molecule has 0 aliphatic carbocycles. The Morgan fingerprint density at radius 3 is 2.63 bits per heavy atom. The summed E-state index contributed by atoms with van der Waals surface area (Å²) in [6, 6.07) is 6.70. The second-order valence-electron chi connectivity index (χ2n) is 3.96. The van der Waals surface area contributed by atoms with E-state index in [1.54, 1.807) is 24.3 Å². The van der Waals surface area contributed by atoms with E-state index in [1.807, 2.05) is 0 Å². The molecule has 2 atom stereocenters. The molecular weight excluding hydrogens is 290 g/mol. The zero-order chi connectivity index (χ0) is 14.4. The fourth-order valence-corrected chi connectivity index (χ4v) is 2.49. The van der Waals surface area contributed by atoms with E-state index in [1.165, 1.54) is 6.92 Å². The Morgan fingerprint density at radius 1 is 1.42 bits per heavy atom. The zero-order valence-corrected chi connectivity index (χ0v) is 11.8. The van der Waals surface area contributed by atoms with Crippen LogP contribution >= 0.6 is 11.6 Å². The van der Waals surface area contributed by atoms with E-state index in [0.717, 1.165) is 0 Å². The van der Waals surface area contributed by atoms with Gasteiger partial charge in [0.05, 0.1) is 17.1 Å². The van der Waals surface area contributed by atoms with Crippen LogP contribution in [0.25, 0.3) is 0 Å². The van der Waals surface area contributed by atoms with Crippen molar-refractivity contribution in [1.82, 2.24) is 0 Å². The molecule has 0 saturated carbocycles. The summed E-state index contributed by atoms with van der Waals surface area (Å²) >= 11 is 5.87. The van der Waals surface area contributed by atoms with Gasteiger partial charge in [-0.3, -0.25) is 13.8 Å². The number of halogens is 1. The topological polar surface area (TPSA) is 83.5 Å². The molecule has 0 heterocycles. The molecule has 0 spiro atoms. The van der Waals surface area contributed by atoms with Gasteiger partial charge in [0, 0.05) is 16.0 Å². The first-order valence-electron chi connectivity index (χ1n) is 5.53. The average molecular weight is 304 g/mol. The van der Waals surface area contributed by atoms with Crippen LogP contribution in [-0.4, -0.2) is 32.2 Å². The molecule has 2 unspecified atom stereocenters. The van der Waals surface area contributed by atoms with Crippen LogP contribution in [0.2, 0.25) is 5.02 Å². The maximum absolute atomic E-state index is 11.7. The smallest absolute Gasteiger partial charge is 0.304 e. The molecule has 104 valence electrons. The highest BCUT2D eigenvalue weighted by atomic mass is 35.5. The highest BCUT2D eigenvalue weighted by molar-refractivity contribution is 7.86. The van der Waals surface area contributed by atoms with Gasteiger partial charge in [0.1, 0.15) is 5.75 Å². The molecule has 1 aromatic rings. The van der Waals surface area contributed by atoms with Gasteiger partial charge in [-0.1, -0.05) is 30.7 Å². The van der Waals surface area contributed by atoms with Crippen LogP contribution in [0.3, 0.4) is 0 Å². The Hall–Kier alpha value is -1.40. The van der Waals surface area contributed by atoms with Gasteiger partial charge >= 0.3 is 5.97 Å². The first kappa shape index (κ1) is 15.7. The van der Waals surface area contributed by atoms with E-state index >= 15 is 0 Å². The Balaban J connectivity index is 2.54. The van der Waals surface area contributed by atoms with Gasteiger partial charge in [-0.2, -0.15) is 0 Å². The van der Waals surface area contributed by atoms with E-state index in [9.17, 15) is 13.8 Å². The number of carbonyl (C=O) groups excluding carboxylic acids is 1. The van der Waals surface area contributed by atoms with Crippen LogP contribution in [0.5, 0.6) is 0 Å². The minimum absolute atomic E-state index is 0.230. The third kappa shape index (κ3) is 5.40. The van der Waals surface area contributed by atoms with E-state index in [-0.39, 0.29) is 12.2 Å². The number of para-hydroxylation sites is 1. The van der Waals surface area contributed by atoms with Gasteiger partial charge in [0.2, 0.25) is 5.91 Å². The number of carboxylic acid groups (broad SMARTS) is 1. The quantitative estimate of drug-likeness (QED) is 0.840. The molecule has 0 radical (unpaired) electrons. The van der Waals surface area contributed by atoms with Gasteiger partial charge in [-0.25, -0.2) is 0 Å². The lowest BCUT2D eigenvalue weighted by Crippen LogP contribution is -2.26. The zero-order valence-electron chi connectivity index (χ0n) is 10.3. The van der Waals surface area contributed by atoms with Crippen LogP contribution < -0.4 is 5.32 Å². The summed E-state index contributed by atoms with van der Waals surface area (Å²) < 4.78 is 11.7. The molecule has 1 rings (SSSR count). The molecule has 0 bridgehead atoms. The van der Waals surface area contributed by atoms with Crippen molar-refractivity contribution < 1.29 is 18.9 Å². The van der Waals surface area contributed by atoms with Gasteiger partial charge in [0.15, 0.2) is 0 Å². The summed E-state index contributed by atoms with van der Waals surface area (Å²) in [4.78, 5) is 22.1. The normalized spacial score (nSPS) is 13.6. The number of carbonyl (C=O) groups is 2. The number of hydrogen-bond acceptors (Lipinski definition) is 3. The lowest BCUT2D eigenvalue weighted by molar-refractivity contribution is -0.136. The number of hydrogen-bond donors (Lipinski definition) is 2. The molecule has 2 N–H and O–H groups in total. The minimum Gasteiger partial charge on any atom is -0.481 e. The summed E-state index contributed by atoms with van der Waals surface area (Å²) in [5.74, 6) is -1.74. The number of anilines is 1. The summed E-state index contributed by atoms with van der Waals surface area (Å²) in [6.45, 7) is 1.53. The van der Waals surface area contributed by atoms with Gasteiger partial charge in [-0.15, -0.1) is 0 Å². The number of amides is 1. The molecule has 0 aliphatic rings. The summed E-state index contributed by atoms with van der Waals surface area (Å²) in [5.41, 5.74) is 0.442. The lowest BCUT2D eigenvalue weighted by Gasteiger charge is -2.10. The van der Waals surface area contributed by atoms with Crippen molar-refractivity contribution in [3.05, 3.63) is 29.3 Å². The Bertz CT molecular complexity index is 506. The number of rotatable bonds is 6. The number of aliphatic carboxylic acids is 1. The maximum Gasteiger partial charge on any atom is 0.304 e. The molecule has 0 fully saturated rings. The molecule has 0 aromatic heterocycles. The predicted molar refractivity (Wildman–Crippen MR) is 74.8 cm³/mol. The lowest BCUT2D eigenvalue weighted by atomic mass is 10.3. The SMILES string of the molecule is CC(CC(=O)O)S(=O)CC(=O)Nc1ccccc1Cl. The van der Waals surface area contributed by atoms with Crippen molar-refractivity contribution in [2.45, 2.75) is 18.6 Å². The molecule has 0 saturated heterocycles. The van der Waals surface area contributed by atoms with Crippen LogP contribution in [0, 0.1) is 0 Å². The summed E-state index contributed by atoms with van der Waals surface area (Å²) in [6.07, 6.45) is -0.230. The standard InChI is InChI=1S/C12H14ClNO4S/c1-8(6-12(16)17)19(18)7-11(15)14-10-5-3-2-4-9(10)13/h2-5,8H,6-7H2,1H3,(H,14,15)(H,16,17). The van der Waals surface area contributed by atoms with Crippen LogP contribution in [0.15, 0.2) is 24.3 Å². The van der Waals surface area contributed by atoms with E-state index < -0.39 is 27.9 Å². The van der Waals surface area contributed by atoms with Crippen molar-refractivity contribution in [2.24, 2.45) is 0 Å². The van der Waals surface area contributed by atoms with Crippen molar-refractivity contribution >= 4 is 40.0 Å². The number of carboxylic acids is 1. The predicted octanol–water partition coefficient (Wildman–Crippen LogP) is 1.89. The molecule has 1 amide bonds. The largest absolute Gasteiger partial charge is 0.481 e. The van der Waals surface area contributed by atoms with Gasteiger partial charge in [0.25, 0.3) is 0 Å². The first-order valence-corrected chi connectivity index (χ1v) is 7.29. The third-order valence-electron chi connectivity index (χ3n) is 2.33. The van der Waals surface area contributed by atoms with Gasteiger partial charge < -0.3 is 10.4 Å². The highest BCUT2D eigenvalue weighted by Gasteiger charge is 2.18. The third-order valence-corrected chi connectivity index (χ3v) is 4.27.